The lowest BCUT2D eigenvalue weighted by Crippen LogP contribution is -2.29. The monoisotopic (exact) mass is 328 g/mol. The molecule has 122 valence electrons. The third-order valence-electron chi connectivity index (χ3n) is 3.45. The van der Waals surface area contributed by atoms with E-state index in [4.69, 9.17) is 9.16 Å². The molecule has 2 aromatic carbocycles. The van der Waals surface area contributed by atoms with Crippen molar-refractivity contribution in [3.8, 4) is 5.75 Å². The Morgan fingerprint density at radius 2 is 1.61 bits per heavy atom. The molecule has 0 aliphatic carbocycles. The Labute approximate surface area is 139 Å². The average molecular weight is 328 g/mol. The van der Waals surface area contributed by atoms with E-state index in [0.29, 0.717) is 12.0 Å². The molecule has 0 fully saturated rings. The van der Waals surface area contributed by atoms with Crippen molar-refractivity contribution in [1.29, 1.82) is 0 Å². The molecule has 0 aromatic heterocycles. The molecule has 0 bridgehead atoms. The summed E-state index contributed by atoms with van der Waals surface area (Å²) in [4.78, 5) is 12.6. The van der Waals surface area contributed by atoms with Crippen molar-refractivity contribution >= 4 is 14.1 Å². The summed E-state index contributed by atoms with van der Waals surface area (Å²) in [6.45, 7) is 6.42. The highest BCUT2D eigenvalue weighted by Gasteiger charge is 2.25. The fourth-order valence-corrected chi connectivity index (χ4v) is 3.46. The standard InChI is InChI=1S/C19H24O3Si/c1-21-17-12-10-15(11-13-17)18(20)14-19(22-23(2,3)4)16-8-6-5-7-9-16/h5-13,19H,14H2,1-4H3. The van der Waals surface area contributed by atoms with Gasteiger partial charge in [0.2, 0.25) is 0 Å². The molecular formula is C19H24O3Si. The fourth-order valence-electron chi connectivity index (χ4n) is 2.39. The van der Waals surface area contributed by atoms with Crippen molar-refractivity contribution < 1.29 is 14.0 Å². The number of carbonyl (C=O) groups excluding carboxylic acids is 1. The van der Waals surface area contributed by atoms with Crippen molar-refractivity contribution in [2.24, 2.45) is 0 Å². The number of ether oxygens (including phenoxy) is 1. The van der Waals surface area contributed by atoms with E-state index in [1.54, 1.807) is 19.2 Å². The topological polar surface area (TPSA) is 35.5 Å². The van der Waals surface area contributed by atoms with Gasteiger partial charge in [-0.05, 0) is 49.5 Å². The van der Waals surface area contributed by atoms with E-state index >= 15 is 0 Å². The zero-order valence-electron chi connectivity index (χ0n) is 14.2. The van der Waals surface area contributed by atoms with Crippen LogP contribution >= 0.6 is 0 Å². The number of hydrogen-bond donors (Lipinski definition) is 0. The molecule has 0 saturated carbocycles. The van der Waals surface area contributed by atoms with Crippen molar-refractivity contribution in [3.05, 3.63) is 65.7 Å². The fraction of sp³-hybridized carbons (Fsp3) is 0.316. The average Bonchev–Trinajstić information content (AvgIpc) is 2.54. The number of rotatable bonds is 7. The molecule has 2 aromatic rings. The second-order valence-electron chi connectivity index (χ2n) is 6.49. The first-order valence-corrected chi connectivity index (χ1v) is 11.2. The normalized spacial score (nSPS) is 12.7. The summed E-state index contributed by atoms with van der Waals surface area (Å²) < 4.78 is 11.4. The van der Waals surface area contributed by atoms with Gasteiger partial charge in [-0.15, -0.1) is 0 Å². The summed E-state index contributed by atoms with van der Waals surface area (Å²) in [5, 5.41) is 0. The van der Waals surface area contributed by atoms with Gasteiger partial charge in [0.1, 0.15) is 5.75 Å². The number of carbonyl (C=O) groups is 1. The molecule has 23 heavy (non-hydrogen) atoms. The number of methoxy groups -OCH3 is 1. The molecule has 0 spiro atoms. The Balaban J connectivity index is 2.17. The number of ketones is 1. The molecular weight excluding hydrogens is 304 g/mol. The van der Waals surface area contributed by atoms with Crippen molar-refractivity contribution in [2.45, 2.75) is 32.2 Å². The highest BCUT2D eigenvalue weighted by atomic mass is 28.4. The molecule has 0 aliphatic heterocycles. The van der Waals surface area contributed by atoms with Gasteiger partial charge in [0, 0.05) is 12.0 Å². The van der Waals surface area contributed by atoms with Crippen LogP contribution in [-0.4, -0.2) is 21.2 Å². The van der Waals surface area contributed by atoms with Crippen molar-refractivity contribution in [2.75, 3.05) is 7.11 Å². The third kappa shape index (κ3) is 5.34. The van der Waals surface area contributed by atoms with E-state index in [-0.39, 0.29) is 11.9 Å². The molecule has 0 N–H and O–H groups in total. The summed E-state index contributed by atoms with van der Waals surface area (Å²) in [6.07, 6.45) is 0.151. The highest BCUT2D eigenvalue weighted by molar-refractivity contribution is 6.69. The first-order chi connectivity index (χ1) is 10.9. The molecule has 2 rings (SSSR count). The molecule has 0 heterocycles. The van der Waals surface area contributed by atoms with E-state index in [9.17, 15) is 4.79 Å². The zero-order valence-corrected chi connectivity index (χ0v) is 15.2. The Kier molecular flexibility index (Phi) is 5.74. The minimum atomic E-state index is -1.76. The number of hydrogen-bond acceptors (Lipinski definition) is 3. The Morgan fingerprint density at radius 3 is 2.13 bits per heavy atom. The molecule has 1 atom stereocenters. The Bertz CT molecular complexity index is 630. The van der Waals surface area contributed by atoms with Crippen LogP contribution in [0.15, 0.2) is 54.6 Å². The Morgan fingerprint density at radius 1 is 1.00 bits per heavy atom. The largest absolute Gasteiger partial charge is 0.497 e. The lowest BCUT2D eigenvalue weighted by atomic mass is 10.0. The second-order valence-corrected chi connectivity index (χ2v) is 10.9. The van der Waals surface area contributed by atoms with Crippen LogP contribution in [0.3, 0.4) is 0 Å². The molecule has 0 aliphatic rings. The smallest absolute Gasteiger partial charge is 0.184 e. The summed E-state index contributed by atoms with van der Waals surface area (Å²) in [6, 6.07) is 17.2. The lowest BCUT2D eigenvalue weighted by molar-refractivity contribution is 0.0900. The third-order valence-corrected chi connectivity index (χ3v) is 4.44. The van der Waals surface area contributed by atoms with E-state index in [1.807, 2.05) is 42.5 Å². The highest BCUT2D eigenvalue weighted by Crippen LogP contribution is 2.27. The van der Waals surface area contributed by atoms with Gasteiger partial charge >= 0.3 is 0 Å². The second kappa shape index (κ2) is 7.57. The first-order valence-electron chi connectivity index (χ1n) is 7.79. The SMILES string of the molecule is COc1ccc(C(=O)CC(O[Si](C)(C)C)c2ccccc2)cc1. The van der Waals surface area contributed by atoms with Gasteiger partial charge in [0.15, 0.2) is 14.1 Å². The summed E-state index contributed by atoms with van der Waals surface area (Å²) in [5.74, 6) is 0.833. The quantitative estimate of drug-likeness (QED) is 0.538. The molecule has 4 heteroatoms. The van der Waals surface area contributed by atoms with Gasteiger partial charge in [-0.3, -0.25) is 4.79 Å². The van der Waals surface area contributed by atoms with Crippen molar-refractivity contribution in [3.63, 3.8) is 0 Å². The molecule has 0 radical (unpaired) electrons. The molecule has 1 unspecified atom stereocenters. The van der Waals surface area contributed by atoms with Crippen LogP contribution < -0.4 is 4.74 Å². The van der Waals surface area contributed by atoms with Crippen LogP contribution in [0, 0.1) is 0 Å². The molecule has 0 saturated heterocycles. The molecule has 0 amide bonds. The first kappa shape index (κ1) is 17.4. The van der Waals surface area contributed by atoms with Gasteiger partial charge < -0.3 is 9.16 Å². The van der Waals surface area contributed by atoms with E-state index in [1.165, 1.54) is 0 Å². The predicted octanol–water partition coefficient (Wildman–Crippen LogP) is 4.86. The minimum absolute atomic E-state index is 0.0831. The predicted molar refractivity (Wildman–Crippen MR) is 95.6 cm³/mol. The summed E-state index contributed by atoms with van der Waals surface area (Å²) in [5.41, 5.74) is 1.74. The Hall–Kier alpha value is -1.91. The molecule has 3 nitrogen and oxygen atoms in total. The number of benzene rings is 2. The summed E-state index contributed by atoms with van der Waals surface area (Å²) in [7, 11) is -0.143. The van der Waals surface area contributed by atoms with Gasteiger partial charge in [-0.1, -0.05) is 30.3 Å². The van der Waals surface area contributed by atoms with Gasteiger partial charge in [-0.25, -0.2) is 0 Å². The maximum Gasteiger partial charge on any atom is 0.184 e. The minimum Gasteiger partial charge on any atom is -0.497 e. The van der Waals surface area contributed by atoms with Crippen LogP contribution in [0.2, 0.25) is 19.6 Å². The maximum absolute atomic E-state index is 12.6. The van der Waals surface area contributed by atoms with Crippen LogP contribution in [0.1, 0.15) is 28.4 Å². The van der Waals surface area contributed by atoms with Crippen LogP contribution in [0.5, 0.6) is 5.75 Å². The van der Waals surface area contributed by atoms with Gasteiger partial charge in [-0.2, -0.15) is 0 Å². The van der Waals surface area contributed by atoms with E-state index in [0.717, 1.165) is 11.3 Å². The maximum atomic E-state index is 12.6. The van der Waals surface area contributed by atoms with Gasteiger partial charge in [0.05, 0.1) is 13.2 Å². The van der Waals surface area contributed by atoms with Crippen LogP contribution in [0.25, 0.3) is 0 Å². The van der Waals surface area contributed by atoms with Crippen LogP contribution in [-0.2, 0) is 4.43 Å². The van der Waals surface area contributed by atoms with Crippen LogP contribution in [0.4, 0.5) is 0 Å². The van der Waals surface area contributed by atoms with E-state index in [2.05, 4.69) is 19.6 Å². The zero-order chi connectivity index (χ0) is 16.9. The summed E-state index contributed by atoms with van der Waals surface area (Å²) >= 11 is 0. The van der Waals surface area contributed by atoms with E-state index < -0.39 is 8.32 Å². The number of Topliss-reactive ketones (excluding diaryl/α,β-unsaturated/α-hetero) is 1. The lowest BCUT2D eigenvalue weighted by Gasteiger charge is -2.26. The van der Waals surface area contributed by atoms with Gasteiger partial charge in [0.25, 0.3) is 0 Å². The van der Waals surface area contributed by atoms with Crippen molar-refractivity contribution in [1.82, 2.24) is 0 Å².